The summed E-state index contributed by atoms with van der Waals surface area (Å²) in [6, 6.07) is 2.60. The molecule has 1 aliphatic carbocycles. The molecule has 0 amide bonds. The SMILES string of the molecule is CC1(C)CCC(C#N)(N2CCOCC2)CC1. The van der Waals surface area contributed by atoms with Gasteiger partial charge in [0.15, 0.2) is 0 Å². The second kappa shape index (κ2) is 4.35. The highest BCUT2D eigenvalue weighted by Crippen LogP contribution is 2.42. The predicted octanol–water partition coefficient (Wildman–Crippen LogP) is 2.18. The van der Waals surface area contributed by atoms with Gasteiger partial charge in [0.25, 0.3) is 0 Å². The van der Waals surface area contributed by atoms with Crippen LogP contribution >= 0.6 is 0 Å². The zero-order valence-corrected chi connectivity index (χ0v) is 10.5. The van der Waals surface area contributed by atoms with Gasteiger partial charge in [0.2, 0.25) is 0 Å². The van der Waals surface area contributed by atoms with Crippen LogP contribution in [-0.2, 0) is 4.74 Å². The van der Waals surface area contributed by atoms with E-state index >= 15 is 0 Å². The average molecular weight is 222 g/mol. The Balaban J connectivity index is 2.06. The molecule has 0 aromatic rings. The fourth-order valence-electron chi connectivity index (χ4n) is 2.83. The molecule has 0 unspecified atom stereocenters. The van der Waals surface area contributed by atoms with Crippen molar-refractivity contribution < 1.29 is 4.74 Å². The quantitative estimate of drug-likeness (QED) is 0.682. The van der Waals surface area contributed by atoms with Crippen LogP contribution in [0.4, 0.5) is 0 Å². The molecule has 0 radical (unpaired) electrons. The summed E-state index contributed by atoms with van der Waals surface area (Å²) in [5.74, 6) is 0. The van der Waals surface area contributed by atoms with Gasteiger partial charge in [0.05, 0.1) is 19.3 Å². The molecule has 1 saturated carbocycles. The molecule has 0 bridgehead atoms. The largest absolute Gasteiger partial charge is 0.379 e. The zero-order valence-electron chi connectivity index (χ0n) is 10.5. The highest BCUT2D eigenvalue weighted by molar-refractivity contribution is 5.11. The summed E-state index contributed by atoms with van der Waals surface area (Å²) < 4.78 is 5.37. The van der Waals surface area contributed by atoms with Crippen molar-refractivity contribution in [2.45, 2.75) is 45.1 Å². The molecule has 2 aliphatic rings. The van der Waals surface area contributed by atoms with E-state index in [0.717, 1.165) is 52.0 Å². The van der Waals surface area contributed by atoms with Crippen LogP contribution in [0.2, 0.25) is 0 Å². The first kappa shape index (κ1) is 11.9. The smallest absolute Gasteiger partial charge is 0.109 e. The maximum absolute atomic E-state index is 9.53. The predicted molar refractivity (Wildman–Crippen MR) is 63.0 cm³/mol. The number of morpholine rings is 1. The molecule has 0 aromatic carbocycles. The van der Waals surface area contributed by atoms with Crippen LogP contribution in [0.15, 0.2) is 0 Å². The standard InChI is InChI=1S/C13H22N2O/c1-12(2)3-5-13(11-14,6-4-12)15-7-9-16-10-8-15/h3-10H2,1-2H3. The molecule has 3 heteroatoms. The Labute approximate surface area is 98.4 Å². The Hall–Kier alpha value is -0.590. The van der Waals surface area contributed by atoms with Crippen molar-refractivity contribution in [1.82, 2.24) is 4.90 Å². The Bertz CT molecular complexity index is 277. The lowest BCUT2D eigenvalue weighted by atomic mass is 9.69. The third kappa shape index (κ3) is 2.23. The molecule has 0 N–H and O–H groups in total. The van der Waals surface area contributed by atoms with Crippen molar-refractivity contribution in [2.24, 2.45) is 5.41 Å². The van der Waals surface area contributed by atoms with Crippen LogP contribution in [0, 0.1) is 16.7 Å². The van der Waals surface area contributed by atoms with E-state index in [1.54, 1.807) is 0 Å². The zero-order chi connectivity index (χ0) is 11.6. The van der Waals surface area contributed by atoms with E-state index in [-0.39, 0.29) is 5.54 Å². The molecule has 0 aromatic heterocycles. The molecule has 90 valence electrons. The highest BCUT2D eigenvalue weighted by Gasteiger charge is 2.43. The molecular weight excluding hydrogens is 200 g/mol. The summed E-state index contributed by atoms with van der Waals surface area (Å²) in [6.45, 7) is 8.04. The molecule has 1 heterocycles. The average Bonchev–Trinajstić information content (AvgIpc) is 2.31. The van der Waals surface area contributed by atoms with Gasteiger partial charge < -0.3 is 4.74 Å². The highest BCUT2D eigenvalue weighted by atomic mass is 16.5. The van der Waals surface area contributed by atoms with Gasteiger partial charge in [-0.3, -0.25) is 4.90 Å². The minimum absolute atomic E-state index is 0.195. The molecule has 0 spiro atoms. The fourth-order valence-corrected chi connectivity index (χ4v) is 2.83. The van der Waals surface area contributed by atoms with Crippen molar-refractivity contribution in [1.29, 1.82) is 5.26 Å². The Kier molecular flexibility index (Phi) is 3.23. The molecule has 3 nitrogen and oxygen atoms in total. The number of hydrogen-bond donors (Lipinski definition) is 0. The van der Waals surface area contributed by atoms with E-state index in [1.807, 2.05) is 0 Å². The van der Waals surface area contributed by atoms with Gasteiger partial charge in [0, 0.05) is 13.1 Å². The van der Waals surface area contributed by atoms with Crippen molar-refractivity contribution in [3.05, 3.63) is 0 Å². The molecule has 16 heavy (non-hydrogen) atoms. The van der Waals surface area contributed by atoms with E-state index in [2.05, 4.69) is 24.8 Å². The fraction of sp³-hybridized carbons (Fsp3) is 0.923. The summed E-state index contributed by atoms with van der Waals surface area (Å²) >= 11 is 0. The molecule has 1 saturated heterocycles. The lowest BCUT2D eigenvalue weighted by Crippen LogP contribution is -2.55. The Morgan fingerprint density at radius 2 is 1.62 bits per heavy atom. The topological polar surface area (TPSA) is 36.3 Å². The maximum atomic E-state index is 9.53. The second-order valence-corrected chi connectivity index (χ2v) is 5.91. The molecule has 2 fully saturated rings. The summed E-state index contributed by atoms with van der Waals surface area (Å²) in [7, 11) is 0. The van der Waals surface area contributed by atoms with Crippen LogP contribution in [-0.4, -0.2) is 36.7 Å². The van der Waals surface area contributed by atoms with Crippen LogP contribution in [0.5, 0.6) is 0 Å². The van der Waals surface area contributed by atoms with Crippen molar-refractivity contribution >= 4 is 0 Å². The van der Waals surface area contributed by atoms with Crippen LogP contribution in [0.1, 0.15) is 39.5 Å². The monoisotopic (exact) mass is 222 g/mol. The van der Waals surface area contributed by atoms with Gasteiger partial charge in [-0.25, -0.2) is 0 Å². The van der Waals surface area contributed by atoms with Crippen LogP contribution in [0.3, 0.4) is 0 Å². The summed E-state index contributed by atoms with van der Waals surface area (Å²) in [5.41, 5.74) is 0.228. The maximum Gasteiger partial charge on any atom is 0.109 e. The lowest BCUT2D eigenvalue weighted by molar-refractivity contribution is -0.0262. The van der Waals surface area contributed by atoms with Gasteiger partial charge in [-0.2, -0.15) is 5.26 Å². The number of nitriles is 1. The van der Waals surface area contributed by atoms with Crippen molar-refractivity contribution in [3.8, 4) is 6.07 Å². The first-order chi connectivity index (χ1) is 7.58. The third-order valence-electron chi connectivity index (χ3n) is 4.26. The lowest BCUT2D eigenvalue weighted by Gasteiger charge is -2.47. The Morgan fingerprint density at radius 3 is 2.12 bits per heavy atom. The van der Waals surface area contributed by atoms with E-state index in [1.165, 1.54) is 0 Å². The minimum atomic E-state index is -0.195. The number of ether oxygens (including phenoxy) is 1. The van der Waals surface area contributed by atoms with Crippen LogP contribution in [0.25, 0.3) is 0 Å². The van der Waals surface area contributed by atoms with Crippen molar-refractivity contribution in [3.63, 3.8) is 0 Å². The first-order valence-electron chi connectivity index (χ1n) is 6.32. The van der Waals surface area contributed by atoms with Gasteiger partial charge in [-0.1, -0.05) is 13.8 Å². The molecule has 2 rings (SSSR count). The Morgan fingerprint density at radius 1 is 1.06 bits per heavy atom. The first-order valence-corrected chi connectivity index (χ1v) is 6.32. The van der Waals surface area contributed by atoms with Gasteiger partial charge in [-0.05, 0) is 31.1 Å². The summed E-state index contributed by atoms with van der Waals surface area (Å²) in [5, 5.41) is 9.53. The molecule has 1 aliphatic heterocycles. The van der Waals surface area contributed by atoms with E-state index in [0.29, 0.717) is 5.41 Å². The summed E-state index contributed by atoms with van der Waals surface area (Å²) in [4.78, 5) is 2.35. The molecule has 0 atom stereocenters. The number of hydrogen-bond acceptors (Lipinski definition) is 3. The van der Waals surface area contributed by atoms with E-state index < -0.39 is 0 Å². The van der Waals surface area contributed by atoms with Crippen LogP contribution < -0.4 is 0 Å². The van der Waals surface area contributed by atoms with Crippen molar-refractivity contribution in [2.75, 3.05) is 26.3 Å². The molecular formula is C13H22N2O. The van der Waals surface area contributed by atoms with Gasteiger partial charge in [-0.15, -0.1) is 0 Å². The third-order valence-corrected chi connectivity index (χ3v) is 4.26. The van der Waals surface area contributed by atoms with E-state index in [9.17, 15) is 5.26 Å². The normalized spacial score (nSPS) is 29.6. The number of rotatable bonds is 1. The summed E-state index contributed by atoms with van der Waals surface area (Å²) in [6.07, 6.45) is 4.38. The number of nitrogens with zero attached hydrogens (tertiary/aromatic N) is 2. The van der Waals surface area contributed by atoms with E-state index in [4.69, 9.17) is 4.74 Å². The second-order valence-electron chi connectivity index (χ2n) is 5.91. The van der Waals surface area contributed by atoms with Gasteiger partial charge in [0.1, 0.15) is 5.54 Å². The minimum Gasteiger partial charge on any atom is -0.379 e. The van der Waals surface area contributed by atoms with Gasteiger partial charge >= 0.3 is 0 Å².